The molecule has 1 heterocycles. The van der Waals surface area contributed by atoms with Crippen LogP contribution in [0.2, 0.25) is 0 Å². The molecule has 1 N–H and O–H groups in total. The topological polar surface area (TPSA) is 83.1 Å². The summed E-state index contributed by atoms with van der Waals surface area (Å²) in [5.74, 6) is -1.19. The van der Waals surface area contributed by atoms with Crippen LogP contribution < -0.4 is 5.32 Å². The van der Waals surface area contributed by atoms with Crippen molar-refractivity contribution >= 4 is 11.9 Å². The minimum atomic E-state index is -1.42. The minimum Gasteiger partial charge on any atom is -0.464 e. The van der Waals surface area contributed by atoms with Crippen molar-refractivity contribution in [1.82, 2.24) is 5.32 Å². The third-order valence-corrected chi connectivity index (χ3v) is 3.14. The lowest BCUT2D eigenvalue weighted by Gasteiger charge is -2.36. The van der Waals surface area contributed by atoms with E-state index in [1.807, 2.05) is 0 Å². The van der Waals surface area contributed by atoms with Crippen LogP contribution in [-0.2, 0) is 28.5 Å². The monoisotopic (exact) mass is 289 g/mol. The molecule has 0 spiro atoms. The minimum absolute atomic E-state index is 0.105. The fourth-order valence-corrected chi connectivity index (χ4v) is 2.10. The highest BCUT2D eigenvalue weighted by molar-refractivity contribution is 6.05. The molecule has 0 aromatic rings. The third-order valence-electron chi connectivity index (χ3n) is 3.14. The predicted octanol–water partition coefficient (Wildman–Crippen LogP) is 0.224. The second-order valence-electron chi connectivity index (χ2n) is 4.46. The molecule has 0 saturated carbocycles. The number of hydrogen-bond donors (Lipinski definition) is 1. The van der Waals surface area contributed by atoms with Gasteiger partial charge in [-0.2, -0.15) is 0 Å². The Morgan fingerprint density at radius 2 is 1.80 bits per heavy atom. The highest BCUT2D eigenvalue weighted by Crippen LogP contribution is 2.24. The lowest BCUT2D eigenvalue weighted by molar-refractivity contribution is -0.170. The summed E-state index contributed by atoms with van der Waals surface area (Å²) in [4.78, 5) is 24.2. The van der Waals surface area contributed by atoms with Crippen LogP contribution >= 0.6 is 0 Å². The predicted molar refractivity (Wildman–Crippen MR) is 70.0 cm³/mol. The maximum Gasteiger partial charge on any atom is 0.338 e. The van der Waals surface area contributed by atoms with Gasteiger partial charge in [-0.25, -0.2) is 9.59 Å². The number of carbonyl (C=O) groups is 2. The maximum atomic E-state index is 12.1. The molecule has 0 radical (unpaired) electrons. The molecule has 0 amide bonds. The van der Waals surface area contributed by atoms with Gasteiger partial charge in [0, 0.05) is 13.7 Å². The number of esters is 2. The van der Waals surface area contributed by atoms with Crippen LogP contribution in [0.4, 0.5) is 0 Å². The molecule has 20 heavy (non-hydrogen) atoms. The third kappa shape index (κ3) is 3.91. The number of hydrogen-bond acceptors (Lipinski definition) is 7. The molecular formula is C13H23NO6. The van der Waals surface area contributed by atoms with Gasteiger partial charge < -0.3 is 18.9 Å². The summed E-state index contributed by atoms with van der Waals surface area (Å²) in [6, 6.07) is 0. The number of carbonyl (C=O) groups excluding carboxylic acids is 2. The molecule has 7 nitrogen and oxygen atoms in total. The SMILES string of the molecule is CCOC(=O)C1(C(=O)OCC)CC[C@H](OCOC)CN1. The average Bonchev–Trinajstić information content (AvgIpc) is 2.46. The van der Waals surface area contributed by atoms with Crippen LogP contribution in [-0.4, -0.2) is 57.2 Å². The lowest BCUT2D eigenvalue weighted by atomic mass is 9.87. The Morgan fingerprint density at radius 1 is 1.20 bits per heavy atom. The summed E-state index contributed by atoms with van der Waals surface area (Å²) in [6.45, 7) is 4.36. The van der Waals surface area contributed by atoms with Crippen molar-refractivity contribution < 1.29 is 28.5 Å². The lowest BCUT2D eigenvalue weighted by Crippen LogP contribution is -2.64. The van der Waals surface area contributed by atoms with Gasteiger partial charge in [-0.15, -0.1) is 0 Å². The van der Waals surface area contributed by atoms with E-state index in [1.54, 1.807) is 13.8 Å². The van der Waals surface area contributed by atoms with Crippen molar-refractivity contribution in [2.24, 2.45) is 0 Å². The van der Waals surface area contributed by atoms with E-state index < -0.39 is 17.5 Å². The van der Waals surface area contributed by atoms with E-state index >= 15 is 0 Å². The van der Waals surface area contributed by atoms with Gasteiger partial charge in [-0.3, -0.25) is 5.32 Å². The van der Waals surface area contributed by atoms with Crippen molar-refractivity contribution in [2.75, 3.05) is 33.7 Å². The van der Waals surface area contributed by atoms with Crippen LogP contribution in [0.15, 0.2) is 0 Å². The van der Waals surface area contributed by atoms with E-state index in [0.29, 0.717) is 13.0 Å². The quantitative estimate of drug-likeness (QED) is 0.408. The number of methoxy groups -OCH3 is 1. The normalized spacial score (nSPS) is 21.2. The van der Waals surface area contributed by atoms with Crippen molar-refractivity contribution in [3.63, 3.8) is 0 Å². The van der Waals surface area contributed by atoms with Gasteiger partial charge in [0.1, 0.15) is 6.79 Å². The average molecular weight is 289 g/mol. The second kappa shape index (κ2) is 8.18. The van der Waals surface area contributed by atoms with Crippen LogP contribution in [0.5, 0.6) is 0 Å². The smallest absolute Gasteiger partial charge is 0.338 e. The summed E-state index contributed by atoms with van der Waals surface area (Å²) >= 11 is 0. The molecule has 0 aliphatic carbocycles. The zero-order valence-corrected chi connectivity index (χ0v) is 12.3. The van der Waals surface area contributed by atoms with Gasteiger partial charge in [0.2, 0.25) is 5.54 Å². The number of rotatable bonds is 7. The molecule has 1 rings (SSSR count). The van der Waals surface area contributed by atoms with Crippen LogP contribution in [0, 0.1) is 0 Å². The zero-order valence-electron chi connectivity index (χ0n) is 12.3. The Morgan fingerprint density at radius 3 is 2.20 bits per heavy atom. The molecule has 0 bridgehead atoms. The van der Waals surface area contributed by atoms with Gasteiger partial charge in [0.15, 0.2) is 0 Å². The van der Waals surface area contributed by atoms with Gasteiger partial charge in [-0.1, -0.05) is 0 Å². The Labute approximate surface area is 118 Å². The highest BCUT2D eigenvalue weighted by Gasteiger charge is 2.51. The van der Waals surface area contributed by atoms with Crippen LogP contribution in [0.3, 0.4) is 0 Å². The van der Waals surface area contributed by atoms with E-state index in [1.165, 1.54) is 7.11 Å². The Kier molecular flexibility index (Phi) is 6.90. The molecule has 116 valence electrons. The fraction of sp³-hybridized carbons (Fsp3) is 0.846. The Bertz CT molecular complexity index is 305. The van der Waals surface area contributed by atoms with E-state index in [0.717, 1.165) is 0 Å². The summed E-state index contributed by atoms with van der Waals surface area (Å²) < 4.78 is 20.3. The standard InChI is InChI=1S/C13H23NO6/c1-4-18-11(15)13(12(16)19-5-2)7-6-10(8-14-13)20-9-17-3/h10,14H,4-9H2,1-3H3/t10-/m0/s1. The van der Waals surface area contributed by atoms with Crippen molar-refractivity contribution in [2.45, 2.75) is 38.3 Å². The van der Waals surface area contributed by atoms with Gasteiger partial charge in [0.25, 0.3) is 0 Å². The van der Waals surface area contributed by atoms with Crippen LogP contribution in [0.25, 0.3) is 0 Å². The van der Waals surface area contributed by atoms with Gasteiger partial charge in [0.05, 0.1) is 19.3 Å². The first-order valence-corrected chi connectivity index (χ1v) is 6.80. The second-order valence-corrected chi connectivity index (χ2v) is 4.46. The molecule has 1 aliphatic heterocycles. The maximum absolute atomic E-state index is 12.1. The molecule has 1 aliphatic rings. The van der Waals surface area contributed by atoms with E-state index in [-0.39, 0.29) is 32.5 Å². The van der Waals surface area contributed by atoms with Crippen molar-refractivity contribution in [3.8, 4) is 0 Å². The largest absolute Gasteiger partial charge is 0.464 e. The Balaban J connectivity index is 2.72. The molecule has 0 aromatic heterocycles. The first-order chi connectivity index (χ1) is 9.60. The summed E-state index contributed by atoms with van der Waals surface area (Å²) in [5, 5.41) is 2.93. The molecule has 7 heteroatoms. The molecule has 1 atom stereocenters. The van der Waals surface area contributed by atoms with E-state index in [2.05, 4.69) is 5.32 Å². The highest BCUT2D eigenvalue weighted by atomic mass is 16.7. The summed E-state index contributed by atoms with van der Waals surface area (Å²) in [7, 11) is 1.54. The van der Waals surface area contributed by atoms with Gasteiger partial charge >= 0.3 is 11.9 Å². The molecular weight excluding hydrogens is 266 g/mol. The Hall–Kier alpha value is -1.18. The first-order valence-electron chi connectivity index (χ1n) is 6.80. The fourth-order valence-electron chi connectivity index (χ4n) is 2.10. The zero-order chi connectivity index (χ0) is 15.0. The van der Waals surface area contributed by atoms with Crippen molar-refractivity contribution in [1.29, 1.82) is 0 Å². The molecule has 0 unspecified atom stereocenters. The molecule has 0 aromatic carbocycles. The summed E-state index contributed by atoms with van der Waals surface area (Å²) in [6.07, 6.45) is 0.722. The molecule has 1 fully saturated rings. The molecule has 1 saturated heterocycles. The number of nitrogens with one attached hydrogen (secondary N) is 1. The number of ether oxygens (including phenoxy) is 4. The number of piperidine rings is 1. The van der Waals surface area contributed by atoms with E-state index in [9.17, 15) is 9.59 Å². The van der Waals surface area contributed by atoms with Crippen molar-refractivity contribution in [3.05, 3.63) is 0 Å². The summed E-state index contributed by atoms with van der Waals surface area (Å²) in [5.41, 5.74) is -1.42. The van der Waals surface area contributed by atoms with E-state index in [4.69, 9.17) is 18.9 Å². The van der Waals surface area contributed by atoms with Gasteiger partial charge in [-0.05, 0) is 26.7 Å². The van der Waals surface area contributed by atoms with Crippen LogP contribution in [0.1, 0.15) is 26.7 Å². The first kappa shape index (κ1) is 16.9.